The van der Waals surface area contributed by atoms with Crippen molar-refractivity contribution in [2.24, 2.45) is 0 Å². The van der Waals surface area contributed by atoms with Gasteiger partial charge in [-0.15, -0.1) is 0 Å². The molecule has 1 aliphatic heterocycles. The second-order valence-electron chi connectivity index (χ2n) is 2.53. The fourth-order valence-corrected chi connectivity index (χ4v) is 2.23. The van der Waals surface area contributed by atoms with Gasteiger partial charge in [-0.05, 0) is 6.92 Å². The number of morpholine rings is 1. The number of allylic oxidation sites excluding steroid dienone is 1. The van der Waals surface area contributed by atoms with Gasteiger partial charge in [0.25, 0.3) is 0 Å². The molecule has 0 atom stereocenters. The number of nitrogens with zero attached hydrogens (tertiary/aromatic N) is 1. The Balaban J connectivity index is 2.67. The van der Waals surface area contributed by atoms with Crippen LogP contribution >= 0.6 is 0 Å². The molecular formula is C7H13NO3S. The maximum Gasteiger partial charge on any atom is 0.236 e. The van der Waals surface area contributed by atoms with Crippen molar-refractivity contribution in [1.82, 2.24) is 4.31 Å². The second kappa shape index (κ2) is 4.02. The van der Waals surface area contributed by atoms with Crippen LogP contribution in [0.15, 0.2) is 11.5 Å². The molecule has 0 N–H and O–H groups in total. The lowest BCUT2D eigenvalue weighted by molar-refractivity contribution is 0.0735. The summed E-state index contributed by atoms with van der Waals surface area (Å²) < 4.78 is 29.2. The Bertz CT molecular complexity index is 252. The molecule has 1 rings (SSSR count). The maximum absolute atomic E-state index is 11.4. The molecule has 0 aliphatic carbocycles. The highest BCUT2D eigenvalue weighted by Gasteiger charge is 2.20. The zero-order chi connectivity index (χ0) is 9.03. The average Bonchev–Trinajstić information content (AvgIpc) is 2.06. The minimum Gasteiger partial charge on any atom is -0.379 e. The van der Waals surface area contributed by atoms with Gasteiger partial charge in [0, 0.05) is 18.5 Å². The zero-order valence-corrected chi connectivity index (χ0v) is 7.88. The molecular weight excluding hydrogens is 178 g/mol. The van der Waals surface area contributed by atoms with Crippen LogP contribution in [0.5, 0.6) is 0 Å². The summed E-state index contributed by atoms with van der Waals surface area (Å²) in [5.74, 6) is 0. The van der Waals surface area contributed by atoms with E-state index in [9.17, 15) is 8.42 Å². The number of hydrogen-bond acceptors (Lipinski definition) is 3. The van der Waals surface area contributed by atoms with E-state index in [0.29, 0.717) is 26.3 Å². The standard InChI is InChI=1S/C7H13NO3S/c1-2-7-12(9,10)8-3-5-11-6-4-8/h2,7H,3-6H2,1H3/b7-2+. The summed E-state index contributed by atoms with van der Waals surface area (Å²) in [4.78, 5) is 0. The summed E-state index contributed by atoms with van der Waals surface area (Å²) in [5, 5.41) is 1.22. The van der Waals surface area contributed by atoms with Gasteiger partial charge in [0.15, 0.2) is 0 Å². The summed E-state index contributed by atoms with van der Waals surface area (Å²) in [6.45, 7) is 3.62. The van der Waals surface area contributed by atoms with Gasteiger partial charge in [0.05, 0.1) is 13.2 Å². The Morgan fingerprint density at radius 1 is 1.33 bits per heavy atom. The lowest BCUT2D eigenvalue weighted by atomic mass is 10.5. The monoisotopic (exact) mass is 191 g/mol. The lowest BCUT2D eigenvalue weighted by Crippen LogP contribution is -2.39. The Labute approximate surface area is 72.9 Å². The predicted octanol–water partition coefficient (Wildman–Crippen LogP) is 0.182. The maximum atomic E-state index is 11.4. The van der Waals surface area contributed by atoms with Gasteiger partial charge in [0.1, 0.15) is 0 Å². The second-order valence-corrected chi connectivity index (χ2v) is 4.34. The molecule has 0 unspecified atom stereocenters. The number of hydrogen-bond donors (Lipinski definition) is 0. The van der Waals surface area contributed by atoms with E-state index in [0.717, 1.165) is 0 Å². The van der Waals surface area contributed by atoms with Crippen LogP contribution in [0.2, 0.25) is 0 Å². The van der Waals surface area contributed by atoms with E-state index in [1.54, 1.807) is 6.92 Å². The van der Waals surface area contributed by atoms with Crippen LogP contribution in [0.1, 0.15) is 6.92 Å². The van der Waals surface area contributed by atoms with Gasteiger partial charge in [0.2, 0.25) is 10.0 Å². The lowest BCUT2D eigenvalue weighted by Gasteiger charge is -2.24. The van der Waals surface area contributed by atoms with Crippen molar-refractivity contribution in [3.05, 3.63) is 11.5 Å². The highest BCUT2D eigenvalue weighted by atomic mass is 32.2. The molecule has 4 nitrogen and oxygen atoms in total. The fourth-order valence-electron chi connectivity index (χ4n) is 1.06. The molecule has 5 heteroatoms. The molecule has 0 bridgehead atoms. The first kappa shape index (κ1) is 9.70. The van der Waals surface area contributed by atoms with Crippen LogP contribution in [0.3, 0.4) is 0 Å². The third kappa shape index (κ3) is 2.30. The minimum atomic E-state index is -3.16. The first-order valence-corrected chi connectivity index (χ1v) is 5.38. The van der Waals surface area contributed by atoms with E-state index >= 15 is 0 Å². The molecule has 12 heavy (non-hydrogen) atoms. The van der Waals surface area contributed by atoms with Crippen molar-refractivity contribution in [1.29, 1.82) is 0 Å². The van der Waals surface area contributed by atoms with E-state index in [1.807, 2.05) is 0 Å². The summed E-state index contributed by atoms with van der Waals surface area (Å²) in [7, 11) is -3.16. The van der Waals surface area contributed by atoms with Gasteiger partial charge in [-0.1, -0.05) is 6.08 Å². The highest BCUT2D eigenvalue weighted by molar-refractivity contribution is 7.92. The predicted molar refractivity (Wildman–Crippen MR) is 46.1 cm³/mol. The summed E-state index contributed by atoms with van der Waals surface area (Å²) in [6.07, 6.45) is 1.53. The van der Waals surface area contributed by atoms with Gasteiger partial charge in [-0.3, -0.25) is 0 Å². The smallest absolute Gasteiger partial charge is 0.236 e. The van der Waals surface area contributed by atoms with Crippen molar-refractivity contribution < 1.29 is 13.2 Å². The van der Waals surface area contributed by atoms with Gasteiger partial charge in [-0.25, -0.2) is 8.42 Å². The first-order chi connectivity index (χ1) is 5.67. The Morgan fingerprint density at radius 2 is 1.92 bits per heavy atom. The summed E-state index contributed by atoms with van der Waals surface area (Å²) in [6, 6.07) is 0. The number of rotatable bonds is 2. The Kier molecular flexibility index (Phi) is 3.25. The number of sulfonamides is 1. The molecule has 1 aliphatic rings. The summed E-state index contributed by atoms with van der Waals surface area (Å²) >= 11 is 0. The van der Waals surface area contributed by atoms with Crippen LogP contribution in [0.25, 0.3) is 0 Å². The van der Waals surface area contributed by atoms with Crippen LogP contribution in [0, 0.1) is 0 Å². The van der Waals surface area contributed by atoms with E-state index in [-0.39, 0.29) is 0 Å². The molecule has 0 amide bonds. The van der Waals surface area contributed by atoms with E-state index < -0.39 is 10.0 Å². The molecule has 1 saturated heterocycles. The summed E-state index contributed by atoms with van der Waals surface area (Å²) in [5.41, 5.74) is 0. The van der Waals surface area contributed by atoms with Gasteiger partial charge in [-0.2, -0.15) is 4.31 Å². The molecule has 0 aromatic carbocycles. The average molecular weight is 191 g/mol. The first-order valence-electron chi connectivity index (χ1n) is 3.87. The van der Waals surface area contributed by atoms with Crippen LogP contribution in [-0.2, 0) is 14.8 Å². The molecule has 0 aromatic heterocycles. The van der Waals surface area contributed by atoms with Gasteiger partial charge < -0.3 is 4.74 Å². The topological polar surface area (TPSA) is 46.6 Å². The van der Waals surface area contributed by atoms with Crippen molar-refractivity contribution in [2.75, 3.05) is 26.3 Å². The third-order valence-electron chi connectivity index (χ3n) is 1.64. The van der Waals surface area contributed by atoms with E-state index in [1.165, 1.54) is 15.8 Å². The number of ether oxygens (including phenoxy) is 1. The van der Waals surface area contributed by atoms with Crippen LogP contribution in [0.4, 0.5) is 0 Å². The zero-order valence-electron chi connectivity index (χ0n) is 7.06. The minimum absolute atomic E-state index is 0.465. The van der Waals surface area contributed by atoms with Crippen molar-refractivity contribution >= 4 is 10.0 Å². The van der Waals surface area contributed by atoms with Crippen molar-refractivity contribution in [3.63, 3.8) is 0 Å². The molecule has 1 heterocycles. The molecule has 1 fully saturated rings. The molecule has 0 aromatic rings. The van der Waals surface area contributed by atoms with Crippen molar-refractivity contribution in [2.45, 2.75) is 6.92 Å². The SMILES string of the molecule is C/C=C/S(=O)(=O)N1CCOCC1. The Morgan fingerprint density at radius 3 is 2.42 bits per heavy atom. The fraction of sp³-hybridized carbons (Fsp3) is 0.714. The highest BCUT2D eigenvalue weighted by Crippen LogP contribution is 2.06. The van der Waals surface area contributed by atoms with E-state index in [4.69, 9.17) is 4.74 Å². The van der Waals surface area contributed by atoms with E-state index in [2.05, 4.69) is 0 Å². The largest absolute Gasteiger partial charge is 0.379 e. The van der Waals surface area contributed by atoms with Gasteiger partial charge >= 0.3 is 0 Å². The Hall–Kier alpha value is -0.390. The third-order valence-corrected chi connectivity index (χ3v) is 3.34. The normalized spacial score (nSPS) is 21.8. The van der Waals surface area contributed by atoms with Crippen LogP contribution in [-0.4, -0.2) is 39.0 Å². The molecule has 0 radical (unpaired) electrons. The molecule has 0 saturated carbocycles. The molecule has 70 valence electrons. The van der Waals surface area contributed by atoms with Crippen LogP contribution < -0.4 is 0 Å². The van der Waals surface area contributed by atoms with Crippen molar-refractivity contribution in [3.8, 4) is 0 Å². The quantitative estimate of drug-likeness (QED) is 0.625. The molecule has 0 spiro atoms.